The molecular weight excluding hydrogens is 240 g/mol. The highest BCUT2D eigenvalue weighted by molar-refractivity contribution is 7.99. The minimum atomic E-state index is -0.529. The SMILES string of the molecule is CO[C@H]1O[C@@H]2CSC[C@]34C=C[C@H](O3)[C@H]1[C@]24C=O. The molecule has 0 amide bonds. The van der Waals surface area contributed by atoms with Gasteiger partial charge in [0.1, 0.15) is 11.9 Å². The molecular formula is C12H14O4S. The summed E-state index contributed by atoms with van der Waals surface area (Å²) in [5.74, 6) is 1.70. The topological polar surface area (TPSA) is 44.8 Å². The third kappa shape index (κ3) is 0.940. The van der Waals surface area contributed by atoms with Gasteiger partial charge in [-0.15, -0.1) is 0 Å². The van der Waals surface area contributed by atoms with Gasteiger partial charge in [0.25, 0.3) is 0 Å². The van der Waals surface area contributed by atoms with Crippen molar-refractivity contribution in [1.82, 2.24) is 0 Å². The first kappa shape index (κ1) is 10.6. The van der Waals surface area contributed by atoms with Crippen molar-refractivity contribution in [1.29, 1.82) is 0 Å². The highest BCUT2D eigenvalue weighted by atomic mass is 32.2. The van der Waals surface area contributed by atoms with Crippen LogP contribution in [0.15, 0.2) is 12.2 Å². The molecule has 0 N–H and O–H groups in total. The number of aldehydes is 1. The predicted molar refractivity (Wildman–Crippen MR) is 61.7 cm³/mol. The van der Waals surface area contributed by atoms with Crippen molar-refractivity contribution in [2.45, 2.75) is 24.1 Å². The molecule has 0 aliphatic carbocycles. The Kier molecular flexibility index (Phi) is 1.95. The van der Waals surface area contributed by atoms with Gasteiger partial charge in [0.15, 0.2) is 6.29 Å². The van der Waals surface area contributed by atoms with Crippen molar-refractivity contribution in [2.75, 3.05) is 18.6 Å². The average molecular weight is 254 g/mol. The molecule has 4 heterocycles. The molecule has 0 saturated carbocycles. The van der Waals surface area contributed by atoms with E-state index in [-0.39, 0.29) is 24.4 Å². The zero-order valence-electron chi connectivity index (χ0n) is 9.50. The largest absolute Gasteiger partial charge is 0.361 e. The van der Waals surface area contributed by atoms with Crippen molar-refractivity contribution in [2.24, 2.45) is 11.3 Å². The summed E-state index contributed by atoms with van der Waals surface area (Å²) in [6.07, 6.45) is 4.78. The van der Waals surface area contributed by atoms with Gasteiger partial charge in [-0.1, -0.05) is 12.2 Å². The van der Waals surface area contributed by atoms with Crippen LogP contribution in [-0.4, -0.2) is 49.0 Å². The lowest BCUT2D eigenvalue weighted by Gasteiger charge is -2.44. The average Bonchev–Trinajstić information content (AvgIpc) is 2.98. The molecule has 0 unspecified atom stereocenters. The van der Waals surface area contributed by atoms with Crippen LogP contribution in [0.4, 0.5) is 0 Å². The van der Waals surface area contributed by atoms with Gasteiger partial charge in [0, 0.05) is 18.6 Å². The Balaban J connectivity index is 1.91. The van der Waals surface area contributed by atoms with Crippen LogP contribution < -0.4 is 0 Å². The van der Waals surface area contributed by atoms with E-state index in [9.17, 15) is 4.79 Å². The van der Waals surface area contributed by atoms with Crippen LogP contribution in [0.5, 0.6) is 0 Å². The summed E-state index contributed by atoms with van der Waals surface area (Å²) < 4.78 is 17.4. The zero-order valence-corrected chi connectivity index (χ0v) is 10.3. The van der Waals surface area contributed by atoms with Crippen LogP contribution in [0, 0.1) is 11.3 Å². The van der Waals surface area contributed by atoms with E-state index in [1.54, 1.807) is 18.9 Å². The summed E-state index contributed by atoms with van der Waals surface area (Å²) in [6, 6.07) is 0. The van der Waals surface area contributed by atoms with Gasteiger partial charge in [-0.05, 0) is 0 Å². The summed E-state index contributed by atoms with van der Waals surface area (Å²) >= 11 is 1.79. The second-order valence-electron chi connectivity index (χ2n) is 5.15. The van der Waals surface area contributed by atoms with Gasteiger partial charge in [-0.25, -0.2) is 0 Å². The van der Waals surface area contributed by atoms with Crippen molar-refractivity contribution in [3.05, 3.63) is 12.2 Å². The minimum Gasteiger partial charge on any atom is -0.361 e. The molecule has 2 bridgehead atoms. The number of fused-ring (bicyclic) bond motifs is 2. The fourth-order valence-electron chi connectivity index (χ4n) is 3.95. The van der Waals surface area contributed by atoms with E-state index in [2.05, 4.69) is 12.2 Å². The smallest absolute Gasteiger partial charge is 0.164 e. The molecule has 4 rings (SSSR count). The molecule has 3 saturated heterocycles. The van der Waals surface area contributed by atoms with Crippen molar-refractivity contribution >= 4 is 18.0 Å². The Morgan fingerprint density at radius 1 is 1.59 bits per heavy atom. The molecule has 3 fully saturated rings. The van der Waals surface area contributed by atoms with E-state index in [0.29, 0.717) is 0 Å². The third-order valence-electron chi connectivity index (χ3n) is 4.68. The summed E-state index contributed by atoms with van der Waals surface area (Å²) in [5, 5.41) is 0. The fourth-order valence-corrected chi connectivity index (χ4v) is 5.35. The predicted octanol–water partition coefficient (Wildman–Crippen LogP) is 0.613. The van der Waals surface area contributed by atoms with Crippen LogP contribution in [-0.2, 0) is 19.0 Å². The molecule has 0 aromatic rings. The van der Waals surface area contributed by atoms with Gasteiger partial charge in [-0.2, -0.15) is 11.8 Å². The normalized spacial score (nSPS) is 58.4. The number of methoxy groups -OCH3 is 1. The molecule has 4 nitrogen and oxygen atoms in total. The summed E-state index contributed by atoms with van der Waals surface area (Å²) in [5.41, 5.74) is -0.983. The molecule has 1 spiro atoms. The number of carbonyl (C=O) groups excluding carboxylic acids is 1. The number of thioether (sulfide) groups is 1. The zero-order chi connectivity index (χ0) is 11.7. The Morgan fingerprint density at radius 2 is 2.47 bits per heavy atom. The molecule has 4 aliphatic rings. The summed E-state index contributed by atoms with van der Waals surface area (Å²) in [6.45, 7) is 0. The summed E-state index contributed by atoms with van der Waals surface area (Å²) in [4.78, 5) is 11.8. The van der Waals surface area contributed by atoms with Crippen LogP contribution >= 0.6 is 11.8 Å². The second-order valence-corrected chi connectivity index (χ2v) is 6.18. The van der Waals surface area contributed by atoms with E-state index in [1.165, 1.54) is 0 Å². The van der Waals surface area contributed by atoms with E-state index < -0.39 is 11.0 Å². The quantitative estimate of drug-likeness (QED) is 0.534. The van der Waals surface area contributed by atoms with Crippen LogP contribution in [0.3, 0.4) is 0 Å². The fraction of sp³-hybridized carbons (Fsp3) is 0.750. The highest BCUT2D eigenvalue weighted by Gasteiger charge is 2.76. The maximum atomic E-state index is 11.8. The van der Waals surface area contributed by atoms with E-state index in [0.717, 1.165) is 17.8 Å². The third-order valence-corrected chi connectivity index (χ3v) is 5.85. The lowest BCUT2D eigenvalue weighted by molar-refractivity contribution is -0.154. The second kappa shape index (κ2) is 3.15. The number of rotatable bonds is 2. The van der Waals surface area contributed by atoms with E-state index in [1.807, 2.05) is 0 Å². The van der Waals surface area contributed by atoms with E-state index >= 15 is 0 Å². The molecule has 17 heavy (non-hydrogen) atoms. The molecule has 0 aromatic carbocycles. The van der Waals surface area contributed by atoms with Gasteiger partial charge in [0.05, 0.1) is 23.5 Å². The minimum absolute atomic E-state index is 0.0147. The monoisotopic (exact) mass is 254 g/mol. The maximum absolute atomic E-state index is 11.8. The van der Waals surface area contributed by atoms with Gasteiger partial charge < -0.3 is 19.0 Å². The molecule has 4 aliphatic heterocycles. The van der Waals surface area contributed by atoms with Crippen molar-refractivity contribution in [3.8, 4) is 0 Å². The number of hydrogen-bond donors (Lipinski definition) is 0. The highest BCUT2D eigenvalue weighted by Crippen LogP contribution is 2.65. The number of hydrogen-bond acceptors (Lipinski definition) is 5. The molecule has 0 radical (unpaired) electrons. The van der Waals surface area contributed by atoms with Crippen LogP contribution in [0.1, 0.15) is 0 Å². The Morgan fingerprint density at radius 3 is 3.24 bits per heavy atom. The Labute approximate surface area is 104 Å². The number of carbonyl (C=O) groups is 1. The van der Waals surface area contributed by atoms with Crippen LogP contribution in [0.25, 0.3) is 0 Å². The maximum Gasteiger partial charge on any atom is 0.164 e. The van der Waals surface area contributed by atoms with Crippen LogP contribution in [0.2, 0.25) is 0 Å². The number of ether oxygens (including phenoxy) is 3. The Hall–Kier alpha value is -0.360. The molecule has 5 heteroatoms. The van der Waals surface area contributed by atoms with Crippen molar-refractivity contribution < 1.29 is 19.0 Å². The summed E-state index contributed by atoms with van der Waals surface area (Å²) in [7, 11) is 1.63. The first-order valence-electron chi connectivity index (χ1n) is 5.87. The lowest BCUT2D eigenvalue weighted by Crippen LogP contribution is -2.58. The molecule has 6 atom stereocenters. The standard InChI is InChI=1S/C12H14O4S/c1-14-10-9-7-2-3-11(16-7)6-17-4-8(15-10)12(9,11)5-13/h2-3,5,7-10H,4,6H2,1H3/t7-,8+,9+,10-,11-,12-/m0/s1. The Bertz CT molecular complexity index is 411. The van der Waals surface area contributed by atoms with Crippen molar-refractivity contribution in [3.63, 3.8) is 0 Å². The molecule has 0 aromatic heterocycles. The van der Waals surface area contributed by atoms with E-state index in [4.69, 9.17) is 14.2 Å². The molecule has 92 valence electrons. The first-order valence-corrected chi connectivity index (χ1v) is 7.02. The van der Waals surface area contributed by atoms with Gasteiger partial charge in [0.2, 0.25) is 0 Å². The lowest BCUT2D eigenvalue weighted by atomic mass is 9.62. The van der Waals surface area contributed by atoms with Gasteiger partial charge >= 0.3 is 0 Å². The first-order chi connectivity index (χ1) is 8.27. The van der Waals surface area contributed by atoms with Gasteiger partial charge in [-0.3, -0.25) is 0 Å².